The van der Waals surface area contributed by atoms with Crippen LogP contribution in [0.25, 0.3) is 11.1 Å². The summed E-state index contributed by atoms with van der Waals surface area (Å²) < 4.78 is 6.49. The molecule has 0 bridgehead atoms. The number of carbonyl (C=O) groups excluding carboxylic acids is 1. The molecule has 3 aromatic rings. The van der Waals surface area contributed by atoms with Gasteiger partial charge in [0.15, 0.2) is 0 Å². The van der Waals surface area contributed by atoms with Gasteiger partial charge in [0.25, 0.3) is 0 Å². The molecule has 6 nitrogen and oxygen atoms in total. The van der Waals surface area contributed by atoms with E-state index in [1.54, 1.807) is 0 Å². The Morgan fingerprint density at radius 1 is 0.974 bits per heavy atom. The maximum absolute atomic E-state index is 12.9. The Bertz CT molecular complexity index is 1210. The molecular formula is C31H35ClN4O2. The number of hydrogen-bond donors (Lipinski definition) is 2. The highest BCUT2D eigenvalue weighted by molar-refractivity contribution is 6.30. The van der Waals surface area contributed by atoms with Crippen molar-refractivity contribution < 1.29 is 9.53 Å². The lowest BCUT2D eigenvalue weighted by Crippen LogP contribution is -2.43. The van der Waals surface area contributed by atoms with E-state index in [4.69, 9.17) is 21.6 Å². The molecule has 4 rings (SSSR count). The fraction of sp³-hybridized carbons (Fsp3) is 0.355. The molecule has 0 saturated carbocycles. The highest BCUT2D eigenvalue weighted by Gasteiger charge is 2.26. The topological polar surface area (TPSA) is 77.4 Å². The minimum absolute atomic E-state index is 0.0511. The molecule has 1 aliphatic heterocycles. The second kappa shape index (κ2) is 13.4. The van der Waals surface area contributed by atoms with Gasteiger partial charge in [-0.15, -0.1) is 0 Å². The molecule has 2 N–H and O–H groups in total. The van der Waals surface area contributed by atoms with Gasteiger partial charge in [0.1, 0.15) is 18.8 Å². The molecule has 0 aliphatic carbocycles. The normalized spacial score (nSPS) is 15.1. The van der Waals surface area contributed by atoms with Crippen LogP contribution in [0, 0.1) is 17.2 Å². The van der Waals surface area contributed by atoms with E-state index in [9.17, 15) is 4.79 Å². The van der Waals surface area contributed by atoms with E-state index >= 15 is 0 Å². The van der Waals surface area contributed by atoms with Gasteiger partial charge in [-0.2, -0.15) is 5.26 Å². The molecule has 1 amide bonds. The molecular weight excluding hydrogens is 496 g/mol. The van der Waals surface area contributed by atoms with Crippen molar-refractivity contribution in [1.82, 2.24) is 10.6 Å². The van der Waals surface area contributed by atoms with Crippen molar-refractivity contribution in [3.63, 3.8) is 0 Å². The van der Waals surface area contributed by atoms with E-state index < -0.39 is 12.2 Å². The van der Waals surface area contributed by atoms with Gasteiger partial charge in [-0.3, -0.25) is 4.79 Å². The average molecular weight is 531 g/mol. The Labute approximate surface area is 230 Å². The number of ether oxygens (including phenoxy) is 1. The summed E-state index contributed by atoms with van der Waals surface area (Å²) >= 11 is 6.15. The lowest BCUT2D eigenvalue weighted by Gasteiger charge is -2.29. The Balaban J connectivity index is 1.58. The highest BCUT2D eigenvalue weighted by Crippen LogP contribution is 2.32. The van der Waals surface area contributed by atoms with Crippen LogP contribution in [0.15, 0.2) is 72.8 Å². The smallest absolute Gasteiger partial charge is 0.250 e. The van der Waals surface area contributed by atoms with Gasteiger partial charge in [0, 0.05) is 36.9 Å². The average Bonchev–Trinajstić information content (AvgIpc) is 2.95. The molecule has 1 aliphatic rings. The zero-order chi connectivity index (χ0) is 26.9. The number of nitrogens with zero attached hydrogens (tertiary/aromatic N) is 2. The molecule has 198 valence electrons. The fourth-order valence-electron chi connectivity index (χ4n) is 4.68. The highest BCUT2D eigenvalue weighted by atomic mass is 35.5. The summed E-state index contributed by atoms with van der Waals surface area (Å²) in [5.41, 5.74) is 5.35. The standard InChI is InChI=1S/C31H35ClN4O2/c1-22(2)21-29(31(37)35-16-15-33)38-30(26-7-11-27(32)12-8-26)25-5-3-23(4-6-25)24-9-13-28(14-10-24)36-19-17-34-18-20-36/h3-14,22,29-30,34H,16-21H2,1-2H3,(H,35,37)/t29-,30-/m0/s1. The van der Waals surface area contributed by atoms with Gasteiger partial charge in [-0.25, -0.2) is 0 Å². The summed E-state index contributed by atoms with van der Waals surface area (Å²) in [7, 11) is 0. The number of piperazine rings is 1. The largest absolute Gasteiger partial charge is 0.369 e. The molecule has 1 heterocycles. The van der Waals surface area contributed by atoms with Crippen molar-refractivity contribution in [3.05, 3.63) is 88.9 Å². The first-order chi connectivity index (χ1) is 18.4. The fourth-order valence-corrected chi connectivity index (χ4v) is 4.81. The number of nitriles is 1. The molecule has 38 heavy (non-hydrogen) atoms. The van der Waals surface area contributed by atoms with Gasteiger partial charge in [-0.05, 0) is 58.9 Å². The first kappa shape index (κ1) is 27.7. The number of nitrogens with one attached hydrogen (secondary N) is 2. The summed E-state index contributed by atoms with van der Waals surface area (Å²) in [4.78, 5) is 15.3. The summed E-state index contributed by atoms with van der Waals surface area (Å²) in [6.07, 6.45) is -0.618. The molecule has 2 atom stereocenters. The van der Waals surface area contributed by atoms with E-state index in [0.717, 1.165) is 48.4 Å². The first-order valence-electron chi connectivity index (χ1n) is 13.2. The lowest BCUT2D eigenvalue weighted by molar-refractivity contribution is -0.136. The minimum Gasteiger partial charge on any atom is -0.369 e. The van der Waals surface area contributed by atoms with Crippen molar-refractivity contribution in [1.29, 1.82) is 5.26 Å². The quantitative estimate of drug-likeness (QED) is 0.335. The second-order valence-corrected chi connectivity index (χ2v) is 10.4. The summed E-state index contributed by atoms with van der Waals surface area (Å²) in [6.45, 7) is 8.11. The van der Waals surface area contributed by atoms with Crippen molar-refractivity contribution in [3.8, 4) is 17.2 Å². The zero-order valence-electron chi connectivity index (χ0n) is 22.0. The van der Waals surface area contributed by atoms with Crippen LogP contribution < -0.4 is 15.5 Å². The van der Waals surface area contributed by atoms with E-state index in [1.807, 2.05) is 44.2 Å². The van der Waals surface area contributed by atoms with E-state index in [1.165, 1.54) is 5.69 Å². The minimum atomic E-state index is -0.693. The van der Waals surface area contributed by atoms with Crippen LogP contribution in [0.4, 0.5) is 5.69 Å². The third-order valence-corrected chi connectivity index (χ3v) is 6.94. The monoisotopic (exact) mass is 530 g/mol. The van der Waals surface area contributed by atoms with Crippen LogP contribution >= 0.6 is 11.6 Å². The number of benzene rings is 3. The molecule has 0 radical (unpaired) electrons. The number of hydrogen-bond acceptors (Lipinski definition) is 5. The number of anilines is 1. The van der Waals surface area contributed by atoms with Crippen molar-refractivity contribution in [2.45, 2.75) is 32.5 Å². The van der Waals surface area contributed by atoms with Gasteiger partial charge in [-0.1, -0.05) is 74.0 Å². The molecule has 1 saturated heterocycles. The predicted octanol–water partition coefficient (Wildman–Crippen LogP) is 5.58. The summed E-state index contributed by atoms with van der Waals surface area (Å²) in [5, 5.41) is 15.6. The van der Waals surface area contributed by atoms with E-state index in [0.29, 0.717) is 11.4 Å². The maximum Gasteiger partial charge on any atom is 0.250 e. The van der Waals surface area contributed by atoms with Crippen LogP contribution in [0.2, 0.25) is 5.02 Å². The van der Waals surface area contributed by atoms with Crippen molar-refractivity contribution in [2.24, 2.45) is 5.92 Å². The van der Waals surface area contributed by atoms with Gasteiger partial charge in [0.05, 0.1) is 6.07 Å². The number of carbonyl (C=O) groups is 1. The van der Waals surface area contributed by atoms with Crippen molar-refractivity contribution >= 4 is 23.2 Å². The Morgan fingerprint density at radius 2 is 1.53 bits per heavy atom. The van der Waals surface area contributed by atoms with Crippen LogP contribution in [0.3, 0.4) is 0 Å². The molecule has 7 heteroatoms. The molecule has 0 aromatic heterocycles. The van der Waals surface area contributed by atoms with E-state index in [2.05, 4.69) is 64.1 Å². The van der Waals surface area contributed by atoms with Crippen LogP contribution in [0.1, 0.15) is 37.5 Å². The summed E-state index contributed by atoms with van der Waals surface area (Å²) in [6, 6.07) is 26.5. The Hall–Kier alpha value is -3.37. The first-order valence-corrected chi connectivity index (χ1v) is 13.5. The van der Waals surface area contributed by atoms with Crippen LogP contribution in [-0.2, 0) is 9.53 Å². The number of halogens is 1. The lowest BCUT2D eigenvalue weighted by atomic mass is 9.97. The molecule has 0 spiro atoms. The van der Waals surface area contributed by atoms with Gasteiger partial charge >= 0.3 is 0 Å². The Kier molecular flexibility index (Phi) is 9.78. The van der Waals surface area contributed by atoms with Crippen LogP contribution in [0.5, 0.6) is 0 Å². The molecule has 3 aromatic carbocycles. The molecule has 0 unspecified atom stereocenters. The third-order valence-electron chi connectivity index (χ3n) is 6.69. The Morgan fingerprint density at radius 3 is 2.08 bits per heavy atom. The number of rotatable bonds is 10. The van der Waals surface area contributed by atoms with Gasteiger partial charge < -0.3 is 20.3 Å². The second-order valence-electron chi connectivity index (χ2n) is 9.97. The van der Waals surface area contributed by atoms with Gasteiger partial charge in [0.2, 0.25) is 5.91 Å². The van der Waals surface area contributed by atoms with E-state index in [-0.39, 0.29) is 18.4 Å². The maximum atomic E-state index is 12.9. The van der Waals surface area contributed by atoms with Crippen LogP contribution in [-0.4, -0.2) is 44.7 Å². The number of amides is 1. The SMILES string of the molecule is CC(C)C[C@H](O[C@H](c1ccc(Cl)cc1)c1ccc(-c2ccc(N3CCNCC3)cc2)cc1)C(=O)NCC#N. The van der Waals surface area contributed by atoms with Crippen molar-refractivity contribution in [2.75, 3.05) is 37.6 Å². The molecule has 1 fully saturated rings. The third kappa shape index (κ3) is 7.35. The zero-order valence-corrected chi connectivity index (χ0v) is 22.7. The predicted molar refractivity (Wildman–Crippen MR) is 153 cm³/mol. The summed E-state index contributed by atoms with van der Waals surface area (Å²) in [5.74, 6) is -0.0364.